The third-order valence-corrected chi connectivity index (χ3v) is 6.71. The monoisotopic (exact) mass is 361 g/mol. The number of nitrogens with zero attached hydrogens (tertiary/aromatic N) is 2. The maximum Gasteiger partial charge on any atom is 0.250 e. The lowest BCUT2D eigenvalue weighted by Gasteiger charge is -2.07. The molecule has 3 rings (SSSR count). The summed E-state index contributed by atoms with van der Waals surface area (Å²) in [4.78, 5) is 0. The van der Waals surface area contributed by atoms with E-state index in [9.17, 15) is 8.42 Å². The lowest BCUT2D eigenvalue weighted by Crippen LogP contribution is -2.22. The summed E-state index contributed by atoms with van der Waals surface area (Å²) in [7, 11) is -3.53. The molecule has 2 aromatic heterocycles. The minimum atomic E-state index is -3.53. The van der Waals surface area contributed by atoms with Crippen molar-refractivity contribution < 1.29 is 8.42 Å². The van der Waals surface area contributed by atoms with Crippen LogP contribution in [0.15, 0.2) is 52.2 Å². The number of nitrogens with one attached hydrogen (secondary N) is 1. The van der Waals surface area contributed by atoms with Crippen molar-refractivity contribution in [2.45, 2.75) is 31.1 Å². The van der Waals surface area contributed by atoms with Crippen LogP contribution in [0.5, 0.6) is 0 Å². The van der Waals surface area contributed by atoms with Crippen LogP contribution in [-0.4, -0.2) is 18.2 Å². The Morgan fingerprint density at radius 2 is 2.04 bits per heavy atom. The molecule has 0 bridgehead atoms. The van der Waals surface area contributed by atoms with Crippen molar-refractivity contribution in [3.8, 4) is 11.3 Å². The van der Waals surface area contributed by atoms with E-state index in [0.29, 0.717) is 4.21 Å². The summed E-state index contributed by atoms with van der Waals surface area (Å²) >= 11 is 1.22. The molecular weight excluding hydrogens is 342 g/mol. The summed E-state index contributed by atoms with van der Waals surface area (Å²) in [6.07, 6.45) is 1.72. The summed E-state index contributed by atoms with van der Waals surface area (Å²) in [5, 5.41) is 6.08. The number of sulfonamides is 1. The highest BCUT2D eigenvalue weighted by molar-refractivity contribution is 7.91. The van der Waals surface area contributed by atoms with Crippen LogP contribution in [0.2, 0.25) is 0 Å². The second-order valence-electron chi connectivity index (χ2n) is 5.44. The van der Waals surface area contributed by atoms with Crippen LogP contribution < -0.4 is 4.72 Å². The molecule has 5 nitrogen and oxygen atoms in total. The molecule has 1 N–H and O–H groups in total. The van der Waals surface area contributed by atoms with E-state index in [0.717, 1.165) is 28.9 Å². The topological polar surface area (TPSA) is 64.0 Å². The van der Waals surface area contributed by atoms with Crippen molar-refractivity contribution in [3.63, 3.8) is 0 Å². The second-order valence-corrected chi connectivity index (χ2v) is 8.34. The quantitative estimate of drug-likeness (QED) is 0.732. The number of thiophene rings is 1. The zero-order chi connectivity index (χ0) is 17.2. The Balaban J connectivity index is 1.80. The van der Waals surface area contributed by atoms with E-state index < -0.39 is 10.0 Å². The molecule has 0 atom stereocenters. The van der Waals surface area contributed by atoms with Gasteiger partial charge in [-0.2, -0.15) is 5.10 Å². The lowest BCUT2D eigenvalue weighted by atomic mass is 10.1. The highest BCUT2D eigenvalue weighted by Crippen LogP contribution is 2.28. The highest BCUT2D eigenvalue weighted by Gasteiger charge is 2.18. The Labute approximate surface area is 146 Å². The van der Waals surface area contributed by atoms with Crippen molar-refractivity contribution in [1.29, 1.82) is 0 Å². The average molecular weight is 361 g/mol. The van der Waals surface area contributed by atoms with Crippen LogP contribution in [0.25, 0.3) is 11.3 Å². The molecule has 24 heavy (non-hydrogen) atoms. The minimum Gasteiger partial charge on any atom is -0.265 e. The first-order valence-corrected chi connectivity index (χ1v) is 10.0. The Morgan fingerprint density at radius 1 is 1.25 bits per heavy atom. The van der Waals surface area contributed by atoms with Gasteiger partial charge in [0.15, 0.2) is 0 Å². The van der Waals surface area contributed by atoms with Gasteiger partial charge in [0, 0.05) is 30.2 Å². The molecule has 0 aliphatic heterocycles. The van der Waals surface area contributed by atoms with Gasteiger partial charge < -0.3 is 0 Å². The van der Waals surface area contributed by atoms with Gasteiger partial charge in [0.2, 0.25) is 10.0 Å². The molecule has 0 fully saturated rings. The Bertz CT molecular complexity index is 942. The van der Waals surface area contributed by atoms with E-state index in [4.69, 9.17) is 0 Å². The summed E-state index contributed by atoms with van der Waals surface area (Å²) in [5.74, 6) is 0. The van der Waals surface area contributed by atoms with Gasteiger partial charge in [-0.05, 0) is 37.1 Å². The highest BCUT2D eigenvalue weighted by atomic mass is 32.2. The van der Waals surface area contributed by atoms with Crippen molar-refractivity contribution in [2.24, 2.45) is 0 Å². The summed E-state index contributed by atoms with van der Waals surface area (Å²) in [6.45, 7) is 5.00. The standard InChI is InChI=1S/C17H19N3O2S2/c1-3-20-16(8-9-18-20)15-10-17(23-12-15)24(21,22)19-11-14-7-5-4-6-13(14)2/h4-10,12,19H,3,11H2,1-2H3. The molecule has 3 aromatic rings. The van der Waals surface area contributed by atoms with E-state index in [2.05, 4.69) is 9.82 Å². The van der Waals surface area contributed by atoms with Crippen LogP contribution in [0.4, 0.5) is 0 Å². The molecule has 1 aromatic carbocycles. The van der Waals surface area contributed by atoms with Gasteiger partial charge in [-0.15, -0.1) is 11.3 Å². The van der Waals surface area contributed by atoms with E-state index in [1.165, 1.54) is 11.3 Å². The molecule has 7 heteroatoms. The lowest BCUT2D eigenvalue weighted by molar-refractivity contribution is 0.583. The van der Waals surface area contributed by atoms with Crippen LogP contribution in [0, 0.1) is 6.92 Å². The molecule has 2 heterocycles. The molecule has 0 saturated carbocycles. The third-order valence-electron chi connectivity index (χ3n) is 3.87. The predicted molar refractivity (Wildman–Crippen MR) is 96.4 cm³/mol. The molecule has 0 aliphatic carbocycles. The van der Waals surface area contributed by atoms with E-state index in [1.54, 1.807) is 12.3 Å². The molecule has 0 saturated heterocycles. The Hall–Kier alpha value is -1.96. The normalized spacial score (nSPS) is 11.8. The van der Waals surface area contributed by atoms with Crippen LogP contribution >= 0.6 is 11.3 Å². The zero-order valence-electron chi connectivity index (χ0n) is 13.6. The summed E-state index contributed by atoms with van der Waals surface area (Å²) in [5.41, 5.74) is 3.84. The van der Waals surface area contributed by atoms with Crippen molar-refractivity contribution in [3.05, 3.63) is 59.1 Å². The molecule has 0 radical (unpaired) electrons. The molecular formula is C17H19N3O2S2. The van der Waals surface area contributed by atoms with E-state index in [-0.39, 0.29) is 6.54 Å². The zero-order valence-corrected chi connectivity index (χ0v) is 15.2. The summed E-state index contributed by atoms with van der Waals surface area (Å²) in [6, 6.07) is 11.3. The number of hydrogen-bond acceptors (Lipinski definition) is 4. The van der Waals surface area contributed by atoms with Crippen LogP contribution in [0.3, 0.4) is 0 Å². The fraction of sp³-hybridized carbons (Fsp3) is 0.235. The molecule has 126 valence electrons. The van der Waals surface area contributed by atoms with Crippen LogP contribution in [-0.2, 0) is 23.1 Å². The molecule has 0 spiro atoms. The predicted octanol–water partition coefficient (Wildman–Crippen LogP) is 3.42. The van der Waals surface area contributed by atoms with Crippen molar-refractivity contribution >= 4 is 21.4 Å². The van der Waals surface area contributed by atoms with Crippen molar-refractivity contribution in [1.82, 2.24) is 14.5 Å². The first-order valence-electron chi connectivity index (χ1n) is 7.66. The van der Waals surface area contributed by atoms with Gasteiger partial charge in [0.05, 0.1) is 5.69 Å². The number of rotatable bonds is 6. The Morgan fingerprint density at radius 3 is 2.79 bits per heavy atom. The number of benzene rings is 1. The van der Waals surface area contributed by atoms with Crippen LogP contribution in [0.1, 0.15) is 18.1 Å². The third kappa shape index (κ3) is 3.43. The largest absolute Gasteiger partial charge is 0.265 e. The SMILES string of the molecule is CCn1nccc1-c1csc(S(=O)(=O)NCc2ccccc2C)c1. The van der Waals surface area contributed by atoms with Crippen molar-refractivity contribution in [2.75, 3.05) is 0 Å². The van der Waals surface area contributed by atoms with Gasteiger partial charge in [0.25, 0.3) is 0 Å². The van der Waals surface area contributed by atoms with Gasteiger partial charge in [-0.1, -0.05) is 24.3 Å². The van der Waals surface area contributed by atoms with Gasteiger partial charge in [-0.3, -0.25) is 4.68 Å². The number of aryl methyl sites for hydroxylation is 2. The smallest absolute Gasteiger partial charge is 0.250 e. The maximum atomic E-state index is 12.5. The number of aromatic nitrogens is 2. The Kier molecular flexibility index (Phi) is 4.84. The fourth-order valence-corrected chi connectivity index (χ4v) is 4.70. The molecule has 0 amide bonds. The minimum absolute atomic E-state index is 0.287. The maximum absolute atomic E-state index is 12.5. The number of hydrogen-bond donors (Lipinski definition) is 1. The van der Waals surface area contributed by atoms with E-state index in [1.807, 2.05) is 54.2 Å². The van der Waals surface area contributed by atoms with Gasteiger partial charge >= 0.3 is 0 Å². The summed E-state index contributed by atoms with van der Waals surface area (Å²) < 4.78 is 29.9. The second kappa shape index (κ2) is 6.88. The average Bonchev–Trinajstić information content (AvgIpc) is 3.22. The molecule has 0 unspecified atom stereocenters. The fourth-order valence-electron chi connectivity index (χ4n) is 2.47. The first kappa shape index (κ1) is 16.9. The van der Waals surface area contributed by atoms with E-state index >= 15 is 0 Å². The van der Waals surface area contributed by atoms with Gasteiger partial charge in [0.1, 0.15) is 4.21 Å². The first-order chi connectivity index (χ1) is 11.5. The molecule has 0 aliphatic rings. The van der Waals surface area contributed by atoms with Gasteiger partial charge in [-0.25, -0.2) is 13.1 Å².